The van der Waals surface area contributed by atoms with Gasteiger partial charge in [-0.15, -0.1) is 0 Å². The first-order chi connectivity index (χ1) is 20.5. The van der Waals surface area contributed by atoms with E-state index < -0.39 is 29.1 Å². The maximum absolute atomic E-state index is 13.2. The van der Waals surface area contributed by atoms with E-state index in [1.807, 2.05) is 25.1 Å². The highest BCUT2D eigenvalue weighted by molar-refractivity contribution is 6.04. The standard InChI is InChI=1S/C33H43N5O6/c1-22-21-38(29(40)36-27(22)35-28(39)25-13-10-9-11-14-25)26-17-15-24(16-18-26)23(2)37(31(42)44-33(6,7)8)20-12-19-34-30(41)43-32(3,4)5/h9-11,13-18,21,23H,12,19-20H2,1-8H3,(H,34,41)(H,35,36,39,40)/t23-/m0/s1. The topological polar surface area (TPSA) is 132 Å². The SMILES string of the molecule is Cc1cn(-c2ccc([C@H](C)N(CCCNC(=O)OC(C)(C)C)C(=O)OC(C)(C)C)cc2)c(=O)nc1NC(=O)c1ccccc1. The summed E-state index contributed by atoms with van der Waals surface area (Å²) in [6.07, 6.45) is 1.11. The van der Waals surface area contributed by atoms with Crippen LogP contribution in [0, 0.1) is 6.92 Å². The van der Waals surface area contributed by atoms with Gasteiger partial charge in [-0.1, -0.05) is 30.3 Å². The van der Waals surface area contributed by atoms with Crippen LogP contribution in [0.1, 0.15) is 82.4 Å². The number of hydrogen-bond donors (Lipinski definition) is 2. The van der Waals surface area contributed by atoms with Crippen LogP contribution < -0.4 is 16.3 Å². The summed E-state index contributed by atoms with van der Waals surface area (Å²) in [4.78, 5) is 56.4. The van der Waals surface area contributed by atoms with Crippen molar-refractivity contribution < 1.29 is 23.9 Å². The minimum atomic E-state index is -0.688. The highest BCUT2D eigenvalue weighted by atomic mass is 16.6. The van der Waals surface area contributed by atoms with Crippen LogP contribution in [-0.4, -0.2) is 56.8 Å². The molecule has 0 aliphatic heterocycles. The number of alkyl carbamates (subject to hydrolysis) is 1. The van der Waals surface area contributed by atoms with E-state index in [0.717, 1.165) is 5.56 Å². The quantitative estimate of drug-likeness (QED) is 0.286. The van der Waals surface area contributed by atoms with Gasteiger partial charge in [0.05, 0.1) is 11.7 Å². The van der Waals surface area contributed by atoms with Gasteiger partial charge in [-0.3, -0.25) is 9.36 Å². The number of rotatable bonds is 9. The Morgan fingerprint density at radius 1 is 0.932 bits per heavy atom. The van der Waals surface area contributed by atoms with Crippen molar-refractivity contribution in [3.05, 3.63) is 88.0 Å². The van der Waals surface area contributed by atoms with Crippen LogP contribution in [0.4, 0.5) is 15.4 Å². The maximum atomic E-state index is 13.2. The molecule has 1 aromatic heterocycles. The van der Waals surface area contributed by atoms with Gasteiger partial charge < -0.3 is 25.0 Å². The van der Waals surface area contributed by atoms with Gasteiger partial charge in [0, 0.05) is 30.4 Å². The average molecular weight is 606 g/mol. The number of aromatic nitrogens is 2. The minimum Gasteiger partial charge on any atom is -0.444 e. The second-order valence-electron chi connectivity index (χ2n) is 12.5. The van der Waals surface area contributed by atoms with Crippen molar-refractivity contribution in [2.24, 2.45) is 0 Å². The predicted octanol–water partition coefficient (Wildman–Crippen LogP) is 6.01. The Morgan fingerprint density at radius 3 is 2.14 bits per heavy atom. The summed E-state index contributed by atoms with van der Waals surface area (Å²) < 4.78 is 12.3. The first-order valence-corrected chi connectivity index (χ1v) is 14.6. The van der Waals surface area contributed by atoms with E-state index in [9.17, 15) is 19.2 Å². The molecule has 0 saturated carbocycles. The fraction of sp³-hybridized carbons (Fsp3) is 0.424. The summed E-state index contributed by atoms with van der Waals surface area (Å²) in [5, 5.41) is 5.42. The molecular weight excluding hydrogens is 562 g/mol. The highest BCUT2D eigenvalue weighted by Crippen LogP contribution is 2.24. The van der Waals surface area contributed by atoms with E-state index in [2.05, 4.69) is 15.6 Å². The lowest BCUT2D eigenvalue weighted by molar-refractivity contribution is 0.0171. The van der Waals surface area contributed by atoms with Crippen LogP contribution in [-0.2, 0) is 9.47 Å². The summed E-state index contributed by atoms with van der Waals surface area (Å²) in [7, 11) is 0. The molecule has 3 amide bonds. The van der Waals surface area contributed by atoms with Gasteiger partial charge in [0.2, 0.25) is 0 Å². The third-order valence-electron chi connectivity index (χ3n) is 6.37. The molecule has 0 radical (unpaired) electrons. The van der Waals surface area contributed by atoms with Gasteiger partial charge >= 0.3 is 17.9 Å². The number of aryl methyl sites for hydroxylation is 1. The Labute approximate surface area is 258 Å². The number of hydrogen-bond acceptors (Lipinski definition) is 7. The first kappa shape index (κ1) is 33.8. The second kappa shape index (κ2) is 14.2. The van der Waals surface area contributed by atoms with Crippen molar-refractivity contribution in [1.29, 1.82) is 0 Å². The number of nitrogens with one attached hydrogen (secondary N) is 2. The van der Waals surface area contributed by atoms with Crippen molar-refractivity contribution >= 4 is 23.9 Å². The molecular formula is C33H43N5O6. The van der Waals surface area contributed by atoms with E-state index >= 15 is 0 Å². The smallest absolute Gasteiger partial charge is 0.410 e. The molecule has 2 aromatic carbocycles. The molecule has 0 fully saturated rings. The number of carbonyl (C=O) groups excluding carboxylic acids is 3. The largest absolute Gasteiger partial charge is 0.444 e. The predicted molar refractivity (Wildman–Crippen MR) is 169 cm³/mol. The highest BCUT2D eigenvalue weighted by Gasteiger charge is 2.27. The average Bonchev–Trinajstić information content (AvgIpc) is 2.93. The first-order valence-electron chi connectivity index (χ1n) is 14.6. The fourth-order valence-corrected chi connectivity index (χ4v) is 4.24. The van der Waals surface area contributed by atoms with Crippen LogP contribution in [0.5, 0.6) is 0 Å². The minimum absolute atomic E-state index is 0.194. The second-order valence-corrected chi connectivity index (χ2v) is 12.5. The number of carbonyl (C=O) groups is 3. The molecule has 0 aliphatic carbocycles. The molecule has 11 nitrogen and oxygen atoms in total. The van der Waals surface area contributed by atoms with Gasteiger partial charge in [-0.05, 0) is 91.6 Å². The van der Waals surface area contributed by atoms with Crippen LogP contribution in [0.25, 0.3) is 5.69 Å². The van der Waals surface area contributed by atoms with Crippen molar-refractivity contribution in [2.75, 3.05) is 18.4 Å². The molecule has 0 bridgehead atoms. The zero-order valence-corrected chi connectivity index (χ0v) is 26.8. The normalized spacial score (nSPS) is 12.2. The summed E-state index contributed by atoms with van der Waals surface area (Å²) >= 11 is 0. The zero-order chi connectivity index (χ0) is 32.7. The number of amides is 3. The van der Waals surface area contributed by atoms with E-state index in [0.29, 0.717) is 36.3 Å². The molecule has 3 aromatic rings. The molecule has 1 heterocycles. The molecule has 0 saturated heterocycles. The van der Waals surface area contributed by atoms with Gasteiger partial charge in [-0.2, -0.15) is 4.98 Å². The Morgan fingerprint density at radius 2 is 1.55 bits per heavy atom. The Bertz CT molecular complexity index is 1500. The molecule has 0 aliphatic rings. The lowest BCUT2D eigenvalue weighted by Crippen LogP contribution is -2.40. The molecule has 1 atom stereocenters. The van der Waals surface area contributed by atoms with Crippen LogP contribution in [0.15, 0.2) is 65.6 Å². The third-order valence-corrected chi connectivity index (χ3v) is 6.37. The Hall–Kier alpha value is -4.67. The lowest BCUT2D eigenvalue weighted by Gasteiger charge is -2.32. The Kier molecular flexibility index (Phi) is 10.9. The summed E-state index contributed by atoms with van der Waals surface area (Å²) in [5.41, 5.74) is 0.634. The van der Waals surface area contributed by atoms with E-state index in [4.69, 9.17) is 9.47 Å². The molecule has 3 rings (SSSR count). The molecule has 44 heavy (non-hydrogen) atoms. The molecule has 0 unspecified atom stereocenters. The molecule has 11 heteroatoms. The Balaban J connectivity index is 1.74. The van der Waals surface area contributed by atoms with Crippen molar-refractivity contribution in [3.63, 3.8) is 0 Å². The monoisotopic (exact) mass is 605 g/mol. The zero-order valence-electron chi connectivity index (χ0n) is 26.8. The number of benzene rings is 2. The summed E-state index contributed by atoms with van der Waals surface area (Å²) in [6.45, 7) is 15.1. The third kappa shape index (κ3) is 9.96. The van der Waals surface area contributed by atoms with E-state index in [-0.39, 0.29) is 17.8 Å². The fourth-order valence-electron chi connectivity index (χ4n) is 4.24. The molecule has 236 valence electrons. The number of ether oxygens (including phenoxy) is 2. The summed E-state index contributed by atoms with van der Waals surface area (Å²) in [6, 6.07) is 15.5. The van der Waals surface area contributed by atoms with Crippen molar-refractivity contribution in [1.82, 2.24) is 19.8 Å². The van der Waals surface area contributed by atoms with Crippen molar-refractivity contribution in [2.45, 2.75) is 79.1 Å². The van der Waals surface area contributed by atoms with Crippen molar-refractivity contribution in [3.8, 4) is 5.69 Å². The maximum Gasteiger partial charge on any atom is 0.410 e. The van der Waals surface area contributed by atoms with Gasteiger partial charge in [-0.25, -0.2) is 14.4 Å². The van der Waals surface area contributed by atoms with Gasteiger partial charge in [0.1, 0.15) is 17.0 Å². The molecule has 0 spiro atoms. The van der Waals surface area contributed by atoms with E-state index in [1.54, 1.807) is 96.0 Å². The summed E-state index contributed by atoms with van der Waals surface area (Å²) in [5.74, 6) is -0.161. The van der Waals surface area contributed by atoms with Crippen LogP contribution in [0.2, 0.25) is 0 Å². The number of anilines is 1. The van der Waals surface area contributed by atoms with E-state index in [1.165, 1.54) is 4.57 Å². The van der Waals surface area contributed by atoms with Gasteiger partial charge in [0.25, 0.3) is 5.91 Å². The number of nitrogens with zero attached hydrogens (tertiary/aromatic N) is 3. The van der Waals surface area contributed by atoms with Crippen LogP contribution >= 0.6 is 0 Å². The van der Waals surface area contributed by atoms with Gasteiger partial charge in [0.15, 0.2) is 0 Å². The lowest BCUT2D eigenvalue weighted by atomic mass is 10.1. The molecule has 2 N–H and O–H groups in total. The van der Waals surface area contributed by atoms with Crippen LogP contribution in [0.3, 0.4) is 0 Å².